The van der Waals surface area contributed by atoms with Gasteiger partial charge >= 0.3 is 12.1 Å². The van der Waals surface area contributed by atoms with Crippen LogP contribution in [0.15, 0.2) is 36.5 Å². The minimum atomic E-state index is -4.62. The number of fused-ring (bicyclic) bond motifs is 1. The third kappa shape index (κ3) is 7.99. The van der Waals surface area contributed by atoms with Gasteiger partial charge in [0.25, 0.3) is 5.91 Å². The number of pyridine rings is 3. The van der Waals surface area contributed by atoms with Crippen molar-refractivity contribution in [2.45, 2.75) is 57.2 Å². The zero-order valence-electron chi connectivity index (χ0n) is 27.6. The monoisotopic (exact) mass is 680 g/mol. The molecule has 0 spiro atoms. The number of carboxylic acids is 1. The lowest BCUT2D eigenvalue weighted by Gasteiger charge is -2.34. The number of rotatable bonds is 13. The van der Waals surface area contributed by atoms with Crippen molar-refractivity contribution < 1.29 is 32.6 Å². The van der Waals surface area contributed by atoms with Gasteiger partial charge in [-0.2, -0.15) is 18.2 Å². The molecule has 2 aliphatic rings. The molecule has 12 nitrogen and oxygen atoms in total. The standard InChI is InChI=1S/C34H39F3N8O4/c1-44(17-28(46)47)16-20-6-9-23(38-15-20)31(48)43-32-41-29-26(45(2)18-33(19-49-3)10-4-5-11-33)14-25(40-30(29)42-32)22-12-24(21-7-8-21)39-27(13-22)34(35,36)37/h6,9,12-15,21H,4-5,7-8,10-11,16-19H2,1-3H3,(H,46,47)(H2,40,41,42,43,48). The maximum absolute atomic E-state index is 13.9. The van der Waals surface area contributed by atoms with Crippen molar-refractivity contribution in [2.75, 3.05) is 51.1 Å². The number of carbonyl (C=O) groups excluding carboxylic acids is 1. The van der Waals surface area contributed by atoms with Crippen molar-refractivity contribution in [3.63, 3.8) is 0 Å². The van der Waals surface area contributed by atoms with Gasteiger partial charge in [0, 0.05) is 56.0 Å². The molecule has 4 aromatic rings. The van der Waals surface area contributed by atoms with E-state index in [2.05, 4.69) is 35.1 Å². The Balaban J connectivity index is 1.34. The van der Waals surface area contributed by atoms with E-state index in [9.17, 15) is 22.8 Å². The summed E-state index contributed by atoms with van der Waals surface area (Å²) in [5.41, 5.74) is 2.21. The second-order valence-electron chi connectivity index (χ2n) is 13.3. The number of imidazole rings is 1. The van der Waals surface area contributed by atoms with E-state index in [1.165, 1.54) is 12.3 Å². The molecule has 15 heteroatoms. The Morgan fingerprint density at radius 3 is 2.49 bits per heavy atom. The van der Waals surface area contributed by atoms with Crippen LogP contribution >= 0.6 is 0 Å². The largest absolute Gasteiger partial charge is 0.480 e. The number of aromatic nitrogens is 5. The van der Waals surface area contributed by atoms with Gasteiger partial charge in [-0.05, 0) is 62.6 Å². The first-order valence-electron chi connectivity index (χ1n) is 16.2. The van der Waals surface area contributed by atoms with Gasteiger partial charge in [-0.25, -0.2) is 9.97 Å². The topological polar surface area (TPSA) is 149 Å². The highest BCUT2D eigenvalue weighted by Gasteiger charge is 2.37. The molecule has 0 aromatic carbocycles. The second-order valence-corrected chi connectivity index (χ2v) is 13.3. The fraction of sp³-hybridized carbons (Fsp3) is 0.471. The molecule has 0 unspecified atom stereocenters. The number of nitrogens with one attached hydrogen (secondary N) is 2. The molecule has 0 radical (unpaired) electrons. The van der Waals surface area contributed by atoms with Gasteiger partial charge in [-0.15, -0.1) is 0 Å². The first-order chi connectivity index (χ1) is 23.3. The van der Waals surface area contributed by atoms with Crippen LogP contribution in [0.5, 0.6) is 0 Å². The van der Waals surface area contributed by atoms with Gasteiger partial charge in [0.15, 0.2) is 5.65 Å². The van der Waals surface area contributed by atoms with Gasteiger partial charge in [-0.1, -0.05) is 18.9 Å². The highest BCUT2D eigenvalue weighted by Crippen LogP contribution is 2.43. The van der Waals surface area contributed by atoms with Crippen LogP contribution in [0.25, 0.3) is 22.4 Å². The lowest BCUT2D eigenvalue weighted by Crippen LogP contribution is -2.37. The summed E-state index contributed by atoms with van der Waals surface area (Å²) in [6, 6.07) is 7.69. The number of halogens is 3. The first-order valence-corrected chi connectivity index (χ1v) is 16.2. The van der Waals surface area contributed by atoms with Crippen LogP contribution in [0.3, 0.4) is 0 Å². The van der Waals surface area contributed by atoms with Crippen molar-refractivity contribution in [1.82, 2.24) is 29.8 Å². The molecule has 49 heavy (non-hydrogen) atoms. The van der Waals surface area contributed by atoms with E-state index in [0.29, 0.717) is 47.9 Å². The highest BCUT2D eigenvalue weighted by atomic mass is 19.4. The summed E-state index contributed by atoms with van der Waals surface area (Å²) in [5.74, 6) is -1.40. The fourth-order valence-corrected chi connectivity index (χ4v) is 6.70. The summed E-state index contributed by atoms with van der Waals surface area (Å²) < 4.78 is 47.5. The van der Waals surface area contributed by atoms with Crippen LogP contribution in [-0.2, 0) is 22.3 Å². The van der Waals surface area contributed by atoms with Crippen LogP contribution in [0.1, 0.15) is 71.9 Å². The Morgan fingerprint density at radius 2 is 1.86 bits per heavy atom. The molecule has 4 heterocycles. The van der Waals surface area contributed by atoms with Crippen LogP contribution in [0.2, 0.25) is 0 Å². The van der Waals surface area contributed by atoms with Crippen molar-refractivity contribution in [2.24, 2.45) is 5.41 Å². The third-order valence-electron chi connectivity index (χ3n) is 9.11. The van der Waals surface area contributed by atoms with E-state index in [-0.39, 0.29) is 35.2 Å². The molecule has 0 saturated heterocycles. The summed E-state index contributed by atoms with van der Waals surface area (Å²) in [5, 5.41) is 11.7. The van der Waals surface area contributed by atoms with E-state index >= 15 is 0 Å². The van der Waals surface area contributed by atoms with Crippen molar-refractivity contribution in [1.29, 1.82) is 0 Å². The lowest BCUT2D eigenvalue weighted by molar-refractivity contribution is -0.141. The first kappa shape index (κ1) is 34.2. The SMILES string of the molecule is COCC1(CN(C)c2cc(-c3cc(C4CC4)nc(C(F)(F)F)c3)nc3nc(NC(=O)c4ccc(CN(C)CC(=O)O)cn4)[nH]c23)CCCC1. The number of anilines is 2. The van der Waals surface area contributed by atoms with Crippen molar-refractivity contribution in [3.8, 4) is 11.3 Å². The Kier molecular flexibility index (Phi) is 9.58. The van der Waals surface area contributed by atoms with E-state index < -0.39 is 23.7 Å². The number of alkyl halides is 3. The molecule has 1 amide bonds. The van der Waals surface area contributed by atoms with Crippen molar-refractivity contribution in [3.05, 3.63) is 59.2 Å². The Morgan fingerprint density at radius 1 is 1.10 bits per heavy atom. The second kappa shape index (κ2) is 13.7. The number of carbonyl (C=O) groups is 2. The zero-order chi connectivity index (χ0) is 34.9. The fourth-order valence-electron chi connectivity index (χ4n) is 6.70. The van der Waals surface area contributed by atoms with Gasteiger partial charge in [0.1, 0.15) is 16.9 Å². The van der Waals surface area contributed by atoms with Crippen LogP contribution in [0.4, 0.5) is 24.8 Å². The lowest BCUT2D eigenvalue weighted by atomic mass is 9.86. The maximum Gasteiger partial charge on any atom is 0.433 e. The van der Waals surface area contributed by atoms with Crippen LogP contribution in [-0.4, -0.2) is 87.7 Å². The number of aliphatic carboxylic acids is 1. The molecule has 0 bridgehead atoms. The van der Waals surface area contributed by atoms with E-state index in [0.717, 1.165) is 50.2 Å². The normalized spacial score (nSPS) is 16.0. The average molecular weight is 681 g/mol. The number of aromatic amines is 1. The summed E-state index contributed by atoms with van der Waals surface area (Å²) in [4.78, 5) is 48.3. The van der Waals surface area contributed by atoms with Gasteiger partial charge in [0.05, 0.1) is 24.5 Å². The minimum Gasteiger partial charge on any atom is -0.480 e. The molecule has 2 aliphatic carbocycles. The molecular weight excluding hydrogens is 641 g/mol. The van der Waals surface area contributed by atoms with Gasteiger partial charge in [-0.3, -0.25) is 24.8 Å². The number of H-pyrrole nitrogens is 1. The summed E-state index contributed by atoms with van der Waals surface area (Å²) in [6.07, 6.45) is 2.61. The van der Waals surface area contributed by atoms with Crippen molar-refractivity contribution >= 4 is 34.7 Å². The van der Waals surface area contributed by atoms with E-state index in [4.69, 9.17) is 9.84 Å². The molecule has 0 atom stereocenters. The molecule has 3 N–H and O–H groups in total. The number of hydrogen-bond acceptors (Lipinski definition) is 9. The maximum atomic E-state index is 13.9. The zero-order valence-corrected chi connectivity index (χ0v) is 27.6. The molecule has 6 rings (SSSR count). The number of amides is 1. The summed E-state index contributed by atoms with van der Waals surface area (Å²) in [6.45, 7) is 1.41. The minimum absolute atomic E-state index is 0.0104. The molecule has 2 fully saturated rings. The molecule has 0 aliphatic heterocycles. The predicted molar refractivity (Wildman–Crippen MR) is 176 cm³/mol. The number of methoxy groups -OCH3 is 1. The van der Waals surface area contributed by atoms with Crippen LogP contribution < -0.4 is 10.2 Å². The molecular formula is C34H39F3N8O4. The molecule has 260 valence electrons. The van der Waals surface area contributed by atoms with E-state index in [1.54, 1.807) is 37.3 Å². The third-order valence-corrected chi connectivity index (χ3v) is 9.11. The molecule has 2 saturated carbocycles. The highest BCUT2D eigenvalue weighted by molar-refractivity contribution is 6.03. The number of carboxylic acid groups (broad SMARTS) is 1. The number of nitrogens with zero attached hydrogens (tertiary/aromatic N) is 6. The van der Waals surface area contributed by atoms with Gasteiger partial charge in [0.2, 0.25) is 5.95 Å². The van der Waals surface area contributed by atoms with Crippen LogP contribution in [0, 0.1) is 5.41 Å². The van der Waals surface area contributed by atoms with E-state index in [1.807, 2.05) is 7.05 Å². The molecule has 4 aromatic heterocycles. The Bertz CT molecular complexity index is 1840. The summed E-state index contributed by atoms with van der Waals surface area (Å²) >= 11 is 0. The summed E-state index contributed by atoms with van der Waals surface area (Å²) in [7, 11) is 5.28. The van der Waals surface area contributed by atoms with Gasteiger partial charge < -0.3 is 19.7 Å². The quantitative estimate of drug-likeness (QED) is 0.160. The number of ether oxygens (including phenoxy) is 1. The average Bonchev–Trinajstić information content (AvgIpc) is 3.67. The number of likely N-dealkylation sites (N-methyl/N-ethyl adjacent to an activating group) is 1. The Labute approximate surface area is 281 Å². The Hall–Kier alpha value is -4.63. The smallest absolute Gasteiger partial charge is 0.433 e. The predicted octanol–water partition coefficient (Wildman–Crippen LogP) is 5.72. The number of hydrogen-bond donors (Lipinski definition) is 3.